The predicted molar refractivity (Wildman–Crippen MR) is 104 cm³/mol. The second-order valence-corrected chi connectivity index (χ2v) is 7.14. The third kappa shape index (κ3) is 5.25. The van der Waals surface area contributed by atoms with E-state index >= 15 is 0 Å². The Labute approximate surface area is 178 Å². The molecule has 31 heavy (non-hydrogen) atoms. The van der Waals surface area contributed by atoms with E-state index in [1.54, 1.807) is 0 Å². The number of hydrogen-bond acceptors (Lipinski definition) is 2. The smallest absolute Gasteiger partial charge is 0.294 e. The number of benzene rings is 2. The summed E-state index contributed by atoms with van der Waals surface area (Å²) in [6.07, 6.45) is -5.38. The Morgan fingerprint density at radius 3 is 2.19 bits per heavy atom. The molecule has 2 nitrogen and oxygen atoms in total. The zero-order valence-corrected chi connectivity index (χ0v) is 16.4. The van der Waals surface area contributed by atoms with E-state index in [1.165, 1.54) is 30.5 Å². The summed E-state index contributed by atoms with van der Waals surface area (Å²) in [5.41, 5.74) is -1.51. The standard InChI is InChI=1S/C22H14ClF6NO/c23-18-11-13(14-6-8-20(24)30-12-14)5-7-17(18)21(25,26)10-9-19(31)15-3-1-2-4-16(15)22(27,28)29/h1-8,11-12H,9-10H2. The van der Waals surface area contributed by atoms with Gasteiger partial charge in [0.15, 0.2) is 5.78 Å². The van der Waals surface area contributed by atoms with Gasteiger partial charge in [0.1, 0.15) is 0 Å². The highest BCUT2D eigenvalue weighted by Crippen LogP contribution is 2.40. The van der Waals surface area contributed by atoms with Gasteiger partial charge in [-0.05, 0) is 29.8 Å². The number of rotatable bonds is 6. The average Bonchev–Trinajstić information content (AvgIpc) is 2.71. The summed E-state index contributed by atoms with van der Waals surface area (Å²) in [6, 6.07) is 10.2. The molecule has 0 unspecified atom stereocenters. The number of carbonyl (C=O) groups is 1. The van der Waals surface area contributed by atoms with E-state index in [0.29, 0.717) is 11.1 Å². The van der Waals surface area contributed by atoms with E-state index in [4.69, 9.17) is 11.6 Å². The van der Waals surface area contributed by atoms with Crippen molar-refractivity contribution in [1.82, 2.24) is 4.98 Å². The summed E-state index contributed by atoms with van der Waals surface area (Å²) in [6.45, 7) is 0. The van der Waals surface area contributed by atoms with Gasteiger partial charge in [0, 0.05) is 35.7 Å². The number of alkyl halides is 5. The van der Waals surface area contributed by atoms with Gasteiger partial charge in [-0.15, -0.1) is 0 Å². The van der Waals surface area contributed by atoms with E-state index in [1.807, 2.05) is 0 Å². The lowest BCUT2D eigenvalue weighted by Gasteiger charge is -2.19. The molecule has 9 heteroatoms. The van der Waals surface area contributed by atoms with Crippen LogP contribution in [0.2, 0.25) is 5.02 Å². The lowest BCUT2D eigenvalue weighted by Crippen LogP contribution is -2.18. The van der Waals surface area contributed by atoms with Gasteiger partial charge in [0.05, 0.1) is 10.6 Å². The van der Waals surface area contributed by atoms with E-state index < -0.39 is 53.4 Å². The van der Waals surface area contributed by atoms with Gasteiger partial charge >= 0.3 is 6.18 Å². The minimum Gasteiger partial charge on any atom is -0.294 e. The lowest BCUT2D eigenvalue weighted by atomic mass is 9.95. The van der Waals surface area contributed by atoms with Crippen LogP contribution >= 0.6 is 11.6 Å². The molecule has 0 aliphatic rings. The summed E-state index contributed by atoms with van der Waals surface area (Å²) < 4.78 is 81.5. The molecule has 0 atom stereocenters. The van der Waals surface area contributed by atoms with Crippen LogP contribution in [0.4, 0.5) is 26.3 Å². The highest BCUT2D eigenvalue weighted by Gasteiger charge is 2.37. The maximum absolute atomic E-state index is 14.7. The number of pyridine rings is 1. The summed E-state index contributed by atoms with van der Waals surface area (Å²) in [7, 11) is 0. The van der Waals surface area contributed by atoms with Crippen molar-refractivity contribution in [1.29, 1.82) is 0 Å². The van der Waals surface area contributed by atoms with Crippen molar-refractivity contribution >= 4 is 17.4 Å². The van der Waals surface area contributed by atoms with Crippen LogP contribution in [0.3, 0.4) is 0 Å². The van der Waals surface area contributed by atoms with Crippen molar-refractivity contribution in [2.24, 2.45) is 0 Å². The van der Waals surface area contributed by atoms with Crippen LogP contribution in [0.5, 0.6) is 0 Å². The molecule has 0 bridgehead atoms. The molecule has 0 saturated heterocycles. The molecule has 0 amide bonds. The number of hydrogen-bond donors (Lipinski definition) is 0. The number of ketones is 1. The largest absolute Gasteiger partial charge is 0.417 e. The van der Waals surface area contributed by atoms with E-state index in [2.05, 4.69) is 4.98 Å². The molecule has 3 rings (SSSR count). The third-order valence-corrected chi connectivity index (χ3v) is 4.94. The predicted octanol–water partition coefficient (Wildman–Crippen LogP) is 7.31. The first-order valence-electron chi connectivity index (χ1n) is 8.98. The first-order chi connectivity index (χ1) is 14.5. The van der Waals surface area contributed by atoms with Gasteiger partial charge in [-0.2, -0.15) is 17.6 Å². The van der Waals surface area contributed by atoms with Gasteiger partial charge in [0.25, 0.3) is 5.92 Å². The third-order valence-electron chi connectivity index (χ3n) is 4.62. The summed E-state index contributed by atoms with van der Waals surface area (Å²) in [5, 5.41) is -0.296. The Morgan fingerprint density at radius 2 is 1.58 bits per heavy atom. The van der Waals surface area contributed by atoms with E-state index in [-0.39, 0.29) is 5.02 Å². The van der Waals surface area contributed by atoms with Crippen LogP contribution in [-0.2, 0) is 12.1 Å². The Bertz CT molecular complexity index is 1100. The van der Waals surface area contributed by atoms with Crippen LogP contribution in [0, 0.1) is 5.95 Å². The number of nitrogens with zero attached hydrogens (tertiary/aromatic N) is 1. The molecule has 3 aromatic rings. The lowest BCUT2D eigenvalue weighted by molar-refractivity contribution is -0.137. The fourth-order valence-electron chi connectivity index (χ4n) is 3.05. The Kier molecular flexibility index (Phi) is 6.40. The van der Waals surface area contributed by atoms with Crippen LogP contribution in [-0.4, -0.2) is 10.8 Å². The molecule has 0 spiro atoms. The maximum atomic E-state index is 14.7. The van der Waals surface area contributed by atoms with Crippen molar-refractivity contribution in [3.05, 3.63) is 88.5 Å². The molecule has 162 valence electrons. The Balaban J connectivity index is 1.78. The van der Waals surface area contributed by atoms with E-state index in [9.17, 15) is 31.1 Å². The van der Waals surface area contributed by atoms with Gasteiger partial charge in [0.2, 0.25) is 5.95 Å². The summed E-state index contributed by atoms with van der Waals surface area (Å²) >= 11 is 6.00. The molecule has 0 fully saturated rings. The Morgan fingerprint density at radius 1 is 0.903 bits per heavy atom. The summed E-state index contributed by atoms with van der Waals surface area (Å²) in [4.78, 5) is 15.7. The van der Waals surface area contributed by atoms with Crippen molar-refractivity contribution in [3.63, 3.8) is 0 Å². The van der Waals surface area contributed by atoms with Gasteiger partial charge in [-0.25, -0.2) is 13.8 Å². The van der Waals surface area contributed by atoms with Crippen molar-refractivity contribution in [2.75, 3.05) is 0 Å². The average molecular weight is 458 g/mol. The number of halogens is 7. The fourth-order valence-corrected chi connectivity index (χ4v) is 3.37. The Hall–Kier alpha value is -2.87. The minimum atomic E-state index is -4.77. The molecule has 0 saturated carbocycles. The SMILES string of the molecule is O=C(CCC(F)(F)c1ccc(-c2ccc(F)nc2)cc1Cl)c1ccccc1C(F)(F)F. The molecule has 1 aromatic heterocycles. The van der Waals surface area contributed by atoms with Crippen molar-refractivity contribution in [2.45, 2.75) is 24.9 Å². The molecule has 0 aliphatic heterocycles. The molecule has 0 N–H and O–H groups in total. The first kappa shape index (κ1) is 22.8. The normalized spacial score (nSPS) is 12.1. The van der Waals surface area contributed by atoms with Crippen LogP contribution in [0.15, 0.2) is 60.8 Å². The molecule has 0 radical (unpaired) electrons. The maximum Gasteiger partial charge on any atom is 0.417 e. The number of Topliss-reactive ketones (excluding diaryl/α,β-unsaturated/α-hetero) is 1. The highest BCUT2D eigenvalue weighted by molar-refractivity contribution is 6.31. The molecule has 2 aromatic carbocycles. The quantitative estimate of drug-likeness (QED) is 0.220. The minimum absolute atomic E-state index is 0.296. The van der Waals surface area contributed by atoms with Crippen molar-refractivity contribution in [3.8, 4) is 11.1 Å². The highest BCUT2D eigenvalue weighted by atomic mass is 35.5. The molecular weight excluding hydrogens is 444 g/mol. The second kappa shape index (κ2) is 8.70. The van der Waals surface area contributed by atoms with Crippen LogP contribution in [0.25, 0.3) is 11.1 Å². The van der Waals surface area contributed by atoms with E-state index in [0.717, 1.165) is 30.3 Å². The zero-order chi connectivity index (χ0) is 22.8. The number of aromatic nitrogens is 1. The topological polar surface area (TPSA) is 30.0 Å². The molecular formula is C22H14ClF6NO. The fraction of sp³-hybridized carbons (Fsp3) is 0.182. The first-order valence-corrected chi connectivity index (χ1v) is 9.36. The second-order valence-electron chi connectivity index (χ2n) is 6.74. The monoisotopic (exact) mass is 457 g/mol. The number of carbonyl (C=O) groups excluding carboxylic acids is 1. The van der Waals surface area contributed by atoms with Crippen LogP contribution < -0.4 is 0 Å². The van der Waals surface area contributed by atoms with Gasteiger partial charge in [-0.1, -0.05) is 41.9 Å². The zero-order valence-electron chi connectivity index (χ0n) is 15.7. The van der Waals surface area contributed by atoms with Crippen molar-refractivity contribution < 1.29 is 31.1 Å². The molecule has 0 aliphatic carbocycles. The van der Waals surface area contributed by atoms with Crippen LogP contribution in [0.1, 0.15) is 34.3 Å². The van der Waals surface area contributed by atoms with Gasteiger partial charge in [-0.3, -0.25) is 4.79 Å². The van der Waals surface area contributed by atoms with Gasteiger partial charge < -0.3 is 0 Å². The summed E-state index contributed by atoms with van der Waals surface area (Å²) in [5.74, 6) is -5.30. The molecule has 1 heterocycles.